The SMILES string of the molecule is CCS(=O)CCNC(=O)Nc1ccc(C(=O)O)c(C)c1. The van der Waals surface area contributed by atoms with Gasteiger partial charge in [0.05, 0.1) is 5.56 Å². The fourth-order valence-corrected chi connectivity index (χ4v) is 2.20. The molecule has 0 aliphatic heterocycles. The number of carboxylic acids is 1. The van der Waals surface area contributed by atoms with Crippen LogP contribution in [-0.2, 0) is 10.8 Å². The molecule has 0 aliphatic rings. The second-order valence-electron chi connectivity index (χ2n) is 4.15. The van der Waals surface area contributed by atoms with E-state index in [0.29, 0.717) is 29.3 Å². The maximum absolute atomic E-state index is 11.6. The van der Waals surface area contributed by atoms with E-state index in [2.05, 4.69) is 10.6 Å². The van der Waals surface area contributed by atoms with Gasteiger partial charge in [-0.1, -0.05) is 6.92 Å². The molecule has 7 heteroatoms. The second-order valence-corrected chi connectivity index (χ2v) is 6.01. The van der Waals surface area contributed by atoms with E-state index in [9.17, 15) is 13.8 Å². The number of aryl methyl sites for hydroxylation is 1. The van der Waals surface area contributed by atoms with Gasteiger partial charge in [0.15, 0.2) is 0 Å². The van der Waals surface area contributed by atoms with Gasteiger partial charge >= 0.3 is 12.0 Å². The van der Waals surface area contributed by atoms with Gasteiger partial charge in [-0.25, -0.2) is 9.59 Å². The van der Waals surface area contributed by atoms with E-state index in [1.165, 1.54) is 12.1 Å². The highest BCUT2D eigenvalue weighted by molar-refractivity contribution is 7.84. The van der Waals surface area contributed by atoms with E-state index < -0.39 is 22.8 Å². The van der Waals surface area contributed by atoms with Crippen LogP contribution < -0.4 is 10.6 Å². The zero-order chi connectivity index (χ0) is 15.1. The first-order chi connectivity index (χ1) is 9.43. The van der Waals surface area contributed by atoms with Crippen LogP contribution in [0.5, 0.6) is 0 Å². The summed E-state index contributed by atoms with van der Waals surface area (Å²) < 4.78 is 11.2. The number of amides is 2. The fraction of sp³-hybridized carbons (Fsp3) is 0.385. The molecule has 1 atom stereocenters. The van der Waals surface area contributed by atoms with E-state index in [4.69, 9.17) is 5.11 Å². The van der Waals surface area contributed by atoms with Crippen LogP contribution in [0, 0.1) is 6.92 Å². The summed E-state index contributed by atoms with van der Waals surface area (Å²) in [6.07, 6.45) is 0. The van der Waals surface area contributed by atoms with Gasteiger partial charge in [0, 0.05) is 34.5 Å². The molecule has 0 saturated heterocycles. The van der Waals surface area contributed by atoms with Crippen molar-refractivity contribution < 1.29 is 18.9 Å². The number of hydrogen-bond acceptors (Lipinski definition) is 3. The van der Waals surface area contributed by atoms with E-state index in [0.717, 1.165) is 0 Å². The number of carbonyl (C=O) groups excluding carboxylic acids is 1. The first-order valence-electron chi connectivity index (χ1n) is 6.17. The van der Waals surface area contributed by atoms with Crippen molar-refractivity contribution in [2.45, 2.75) is 13.8 Å². The van der Waals surface area contributed by atoms with Crippen molar-refractivity contribution in [1.29, 1.82) is 0 Å². The fourth-order valence-electron chi connectivity index (χ4n) is 1.58. The summed E-state index contributed by atoms with van der Waals surface area (Å²) in [5, 5.41) is 14.1. The third-order valence-corrected chi connectivity index (χ3v) is 3.96. The molecule has 0 heterocycles. The number of nitrogens with one attached hydrogen (secondary N) is 2. The lowest BCUT2D eigenvalue weighted by Crippen LogP contribution is -2.32. The van der Waals surface area contributed by atoms with Crippen molar-refractivity contribution in [2.75, 3.05) is 23.4 Å². The zero-order valence-electron chi connectivity index (χ0n) is 11.4. The lowest BCUT2D eigenvalue weighted by Gasteiger charge is -2.09. The van der Waals surface area contributed by atoms with Crippen LogP contribution in [0.15, 0.2) is 18.2 Å². The number of anilines is 1. The smallest absolute Gasteiger partial charge is 0.335 e. The van der Waals surface area contributed by atoms with Crippen LogP contribution in [0.2, 0.25) is 0 Å². The lowest BCUT2D eigenvalue weighted by atomic mass is 10.1. The Balaban J connectivity index is 2.52. The minimum absolute atomic E-state index is 0.203. The molecule has 1 rings (SSSR count). The van der Waals surface area contributed by atoms with Gasteiger partial charge in [0.25, 0.3) is 0 Å². The van der Waals surface area contributed by atoms with Crippen LogP contribution >= 0.6 is 0 Å². The minimum atomic E-state index is -0.999. The summed E-state index contributed by atoms with van der Waals surface area (Å²) >= 11 is 0. The standard InChI is InChI=1S/C13H18N2O4S/c1-3-20(19)7-6-14-13(18)15-10-4-5-11(12(16)17)9(2)8-10/h4-5,8H,3,6-7H2,1-2H3,(H,16,17)(H2,14,15,18). The Morgan fingerprint density at radius 3 is 2.60 bits per heavy atom. The van der Waals surface area contributed by atoms with Crippen LogP contribution in [0.1, 0.15) is 22.8 Å². The number of rotatable bonds is 6. The van der Waals surface area contributed by atoms with Gasteiger partial charge < -0.3 is 15.7 Å². The molecule has 0 aliphatic carbocycles. The molecular weight excluding hydrogens is 280 g/mol. The van der Waals surface area contributed by atoms with Gasteiger partial charge in [0.2, 0.25) is 0 Å². The van der Waals surface area contributed by atoms with Crippen molar-refractivity contribution in [2.24, 2.45) is 0 Å². The predicted octanol–water partition coefficient (Wildman–Crippen LogP) is 1.58. The lowest BCUT2D eigenvalue weighted by molar-refractivity contribution is 0.0696. The highest BCUT2D eigenvalue weighted by Gasteiger charge is 2.08. The Labute approximate surface area is 120 Å². The van der Waals surface area contributed by atoms with Crippen LogP contribution in [0.4, 0.5) is 10.5 Å². The Morgan fingerprint density at radius 1 is 1.35 bits per heavy atom. The van der Waals surface area contributed by atoms with Crippen molar-refractivity contribution in [3.63, 3.8) is 0 Å². The third kappa shape index (κ3) is 5.00. The molecule has 20 heavy (non-hydrogen) atoms. The Bertz CT molecular complexity index is 531. The molecule has 0 saturated carbocycles. The van der Waals surface area contributed by atoms with Gasteiger partial charge in [-0.15, -0.1) is 0 Å². The van der Waals surface area contributed by atoms with Crippen molar-refractivity contribution in [1.82, 2.24) is 5.32 Å². The molecule has 0 aromatic heterocycles. The Hall–Kier alpha value is -1.89. The van der Waals surface area contributed by atoms with Crippen molar-refractivity contribution in [3.8, 4) is 0 Å². The number of hydrogen-bond donors (Lipinski definition) is 3. The van der Waals surface area contributed by atoms with Crippen molar-refractivity contribution in [3.05, 3.63) is 29.3 Å². The monoisotopic (exact) mass is 298 g/mol. The molecule has 3 N–H and O–H groups in total. The normalized spacial score (nSPS) is 11.7. The topological polar surface area (TPSA) is 95.5 Å². The first-order valence-corrected chi connectivity index (χ1v) is 7.66. The largest absolute Gasteiger partial charge is 0.478 e. The maximum Gasteiger partial charge on any atom is 0.335 e. The van der Waals surface area contributed by atoms with Crippen LogP contribution in [0.25, 0.3) is 0 Å². The van der Waals surface area contributed by atoms with Crippen LogP contribution in [-0.4, -0.2) is 39.4 Å². The predicted molar refractivity (Wildman–Crippen MR) is 78.7 cm³/mol. The Morgan fingerprint density at radius 2 is 2.05 bits per heavy atom. The van der Waals surface area contributed by atoms with Gasteiger partial charge in [0.1, 0.15) is 0 Å². The minimum Gasteiger partial charge on any atom is -0.478 e. The number of benzene rings is 1. The van der Waals surface area contributed by atoms with E-state index in [1.54, 1.807) is 13.0 Å². The number of carbonyl (C=O) groups is 2. The summed E-state index contributed by atoms with van der Waals surface area (Å²) in [5.41, 5.74) is 1.29. The molecular formula is C13H18N2O4S. The molecule has 1 aromatic carbocycles. The first kappa shape index (κ1) is 16.2. The summed E-state index contributed by atoms with van der Waals surface area (Å²) in [4.78, 5) is 22.4. The molecule has 0 bridgehead atoms. The number of aromatic carboxylic acids is 1. The molecule has 0 radical (unpaired) electrons. The molecule has 0 spiro atoms. The third-order valence-electron chi connectivity index (χ3n) is 2.65. The number of urea groups is 1. The maximum atomic E-state index is 11.6. The highest BCUT2D eigenvalue weighted by atomic mass is 32.2. The quantitative estimate of drug-likeness (QED) is 0.743. The molecule has 110 valence electrons. The molecule has 2 amide bonds. The van der Waals surface area contributed by atoms with Crippen molar-refractivity contribution >= 4 is 28.5 Å². The summed E-state index contributed by atoms with van der Waals surface area (Å²) in [6, 6.07) is 4.16. The molecule has 0 fully saturated rings. The zero-order valence-corrected chi connectivity index (χ0v) is 12.3. The average Bonchev–Trinajstić information content (AvgIpc) is 2.38. The van der Waals surface area contributed by atoms with E-state index in [-0.39, 0.29) is 5.56 Å². The average molecular weight is 298 g/mol. The number of carboxylic acid groups (broad SMARTS) is 1. The second kappa shape index (κ2) is 7.64. The van der Waals surface area contributed by atoms with E-state index >= 15 is 0 Å². The summed E-state index contributed by atoms with van der Waals surface area (Å²) in [6.45, 7) is 3.82. The summed E-state index contributed by atoms with van der Waals surface area (Å²) in [7, 11) is -0.910. The van der Waals surface area contributed by atoms with Gasteiger partial charge in [-0.2, -0.15) is 0 Å². The van der Waals surface area contributed by atoms with Gasteiger partial charge in [-0.05, 0) is 30.7 Å². The molecule has 1 aromatic rings. The highest BCUT2D eigenvalue weighted by Crippen LogP contribution is 2.15. The van der Waals surface area contributed by atoms with E-state index in [1.807, 2.05) is 6.92 Å². The molecule has 1 unspecified atom stereocenters. The summed E-state index contributed by atoms with van der Waals surface area (Å²) in [5.74, 6) is -0.0133. The van der Waals surface area contributed by atoms with Gasteiger partial charge in [-0.3, -0.25) is 4.21 Å². The van der Waals surface area contributed by atoms with Crippen LogP contribution in [0.3, 0.4) is 0 Å². The molecule has 6 nitrogen and oxygen atoms in total. The Kier molecular flexibility index (Phi) is 6.17.